The van der Waals surface area contributed by atoms with Gasteiger partial charge in [-0.1, -0.05) is 6.07 Å². The molecular formula is C17H18FNO2. The van der Waals surface area contributed by atoms with Crippen LogP contribution in [0.1, 0.15) is 24.8 Å². The van der Waals surface area contributed by atoms with Crippen LogP contribution in [-0.2, 0) is 16.1 Å². The van der Waals surface area contributed by atoms with Gasteiger partial charge in [0.1, 0.15) is 5.82 Å². The fourth-order valence-electron chi connectivity index (χ4n) is 2.33. The average molecular weight is 287 g/mol. The van der Waals surface area contributed by atoms with Crippen molar-refractivity contribution in [2.45, 2.75) is 32.2 Å². The zero-order valence-corrected chi connectivity index (χ0v) is 11.8. The molecule has 0 radical (unpaired) electrons. The van der Waals surface area contributed by atoms with Crippen molar-refractivity contribution in [3.05, 3.63) is 54.0 Å². The van der Waals surface area contributed by atoms with Crippen LogP contribution in [-0.4, -0.2) is 17.9 Å². The van der Waals surface area contributed by atoms with Gasteiger partial charge in [-0.25, -0.2) is 4.39 Å². The Labute approximate surface area is 123 Å². The molecular weight excluding hydrogens is 269 g/mol. The Bertz CT molecular complexity index is 562. The molecule has 3 rings (SSSR count). The van der Waals surface area contributed by atoms with Crippen LogP contribution in [0.15, 0.2) is 42.6 Å². The molecule has 0 bridgehead atoms. The molecule has 0 saturated carbocycles. The summed E-state index contributed by atoms with van der Waals surface area (Å²) in [5.41, 5.74) is 2.74. The maximum absolute atomic E-state index is 12.9. The van der Waals surface area contributed by atoms with E-state index in [0.717, 1.165) is 42.7 Å². The van der Waals surface area contributed by atoms with Gasteiger partial charge < -0.3 is 9.47 Å². The minimum absolute atomic E-state index is 0.0875. The first-order chi connectivity index (χ1) is 10.3. The van der Waals surface area contributed by atoms with E-state index in [2.05, 4.69) is 4.98 Å². The van der Waals surface area contributed by atoms with Crippen molar-refractivity contribution in [2.75, 3.05) is 6.61 Å². The second-order valence-corrected chi connectivity index (χ2v) is 5.17. The predicted molar refractivity (Wildman–Crippen MR) is 78.0 cm³/mol. The Hall–Kier alpha value is -1.78. The van der Waals surface area contributed by atoms with Crippen molar-refractivity contribution in [1.29, 1.82) is 0 Å². The molecule has 0 amide bonds. The van der Waals surface area contributed by atoms with Crippen LogP contribution in [0, 0.1) is 5.82 Å². The molecule has 3 nitrogen and oxygen atoms in total. The molecule has 1 aromatic carbocycles. The van der Waals surface area contributed by atoms with Crippen molar-refractivity contribution in [2.24, 2.45) is 0 Å². The van der Waals surface area contributed by atoms with Gasteiger partial charge in [-0.3, -0.25) is 4.98 Å². The molecule has 1 saturated heterocycles. The van der Waals surface area contributed by atoms with Crippen molar-refractivity contribution in [3.8, 4) is 11.3 Å². The van der Waals surface area contributed by atoms with Gasteiger partial charge in [0.2, 0.25) is 0 Å². The third-order valence-electron chi connectivity index (χ3n) is 3.54. The standard InChI is InChI=1S/C17H18FNO2/c18-15-7-5-14(6-8-15)16-9-4-13(11-19-16)12-21-17-3-1-2-10-20-17/h4-9,11,17H,1-3,10,12H2. The molecule has 0 aliphatic carbocycles. The molecule has 1 aromatic heterocycles. The number of pyridine rings is 1. The van der Waals surface area contributed by atoms with Gasteiger partial charge in [0, 0.05) is 18.4 Å². The van der Waals surface area contributed by atoms with E-state index in [1.165, 1.54) is 12.1 Å². The topological polar surface area (TPSA) is 31.4 Å². The fraction of sp³-hybridized carbons (Fsp3) is 0.353. The van der Waals surface area contributed by atoms with Gasteiger partial charge in [0.05, 0.1) is 12.3 Å². The maximum Gasteiger partial charge on any atom is 0.158 e. The van der Waals surface area contributed by atoms with Crippen molar-refractivity contribution >= 4 is 0 Å². The highest BCUT2D eigenvalue weighted by atomic mass is 19.1. The van der Waals surface area contributed by atoms with E-state index in [-0.39, 0.29) is 12.1 Å². The predicted octanol–water partition coefficient (Wildman–Crippen LogP) is 3.93. The number of hydrogen-bond donors (Lipinski definition) is 0. The zero-order chi connectivity index (χ0) is 14.5. The lowest BCUT2D eigenvalue weighted by molar-refractivity contribution is -0.168. The summed E-state index contributed by atoms with van der Waals surface area (Å²) < 4.78 is 24.1. The first-order valence-corrected chi connectivity index (χ1v) is 7.25. The average Bonchev–Trinajstić information content (AvgIpc) is 2.55. The summed E-state index contributed by atoms with van der Waals surface area (Å²) in [5, 5.41) is 0. The van der Waals surface area contributed by atoms with E-state index in [4.69, 9.17) is 9.47 Å². The van der Waals surface area contributed by atoms with Crippen LogP contribution in [0.25, 0.3) is 11.3 Å². The molecule has 2 aromatic rings. The number of aromatic nitrogens is 1. The second-order valence-electron chi connectivity index (χ2n) is 5.17. The lowest BCUT2D eigenvalue weighted by Crippen LogP contribution is -2.22. The Morgan fingerprint density at radius 1 is 1.14 bits per heavy atom. The highest BCUT2D eigenvalue weighted by Gasteiger charge is 2.13. The summed E-state index contributed by atoms with van der Waals surface area (Å²) in [6.07, 6.45) is 4.94. The van der Waals surface area contributed by atoms with E-state index in [1.807, 2.05) is 12.1 Å². The highest BCUT2D eigenvalue weighted by Crippen LogP contribution is 2.19. The first kappa shape index (κ1) is 14.2. The highest BCUT2D eigenvalue weighted by molar-refractivity contribution is 5.58. The third kappa shape index (κ3) is 3.86. The van der Waals surface area contributed by atoms with E-state index in [0.29, 0.717) is 6.61 Å². The van der Waals surface area contributed by atoms with Gasteiger partial charge in [-0.05, 0) is 55.2 Å². The van der Waals surface area contributed by atoms with Crippen LogP contribution in [0.4, 0.5) is 4.39 Å². The minimum atomic E-state index is -0.240. The molecule has 1 aliphatic heterocycles. The summed E-state index contributed by atoms with van der Waals surface area (Å²) in [5.74, 6) is -0.240. The zero-order valence-electron chi connectivity index (χ0n) is 11.8. The van der Waals surface area contributed by atoms with Gasteiger partial charge in [-0.2, -0.15) is 0 Å². The molecule has 1 fully saturated rings. The molecule has 110 valence electrons. The lowest BCUT2D eigenvalue weighted by atomic mass is 10.1. The van der Waals surface area contributed by atoms with Crippen LogP contribution >= 0.6 is 0 Å². The number of benzene rings is 1. The molecule has 4 heteroatoms. The van der Waals surface area contributed by atoms with Crippen LogP contribution in [0.3, 0.4) is 0 Å². The Balaban J connectivity index is 1.59. The SMILES string of the molecule is Fc1ccc(-c2ccc(COC3CCCCO3)cn2)cc1. The van der Waals surface area contributed by atoms with Crippen molar-refractivity contribution in [3.63, 3.8) is 0 Å². The number of hydrogen-bond acceptors (Lipinski definition) is 3. The minimum Gasteiger partial charge on any atom is -0.353 e. The van der Waals surface area contributed by atoms with Gasteiger partial charge >= 0.3 is 0 Å². The summed E-state index contributed by atoms with van der Waals surface area (Å²) in [6, 6.07) is 10.2. The quantitative estimate of drug-likeness (QED) is 0.853. The Morgan fingerprint density at radius 3 is 2.67 bits per heavy atom. The normalized spacial score (nSPS) is 18.6. The molecule has 1 unspecified atom stereocenters. The number of nitrogens with zero attached hydrogens (tertiary/aromatic N) is 1. The molecule has 1 atom stereocenters. The second kappa shape index (κ2) is 6.78. The molecule has 21 heavy (non-hydrogen) atoms. The lowest BCUT2D eigenvalue weighted by Gasteiger charge is -2.22. The van der Waals surface area contributed by atoms with Gasteiger partial charge in [0.25, 0.3) is 0 Å². The summed E-state index contributed by atoms with van der Waals surface area (Å²) >= 11 is 0. The van der Waals surface area contributed by atoms with Gasteiger partial charge in [0.15, 0.2) is 6.29 Å². The third-order valence-corrected chi connectivity index (χ3v) is 3.54. The van der Waals surface area contributed by atoms with E-state index >= 15 is 0 Å². The summed E-state index contributed by atoms with van der Waals surface area (Å²) in [6.45, 7) is 1.29. The van der Waals surface area contributed by atoms with E-state index < -0.39 is 0 Å². The molecule has 1 aliphatic rings. The number of halogens is 1. The Morgan fingerprint density at radius 2 is 2.00 bits per heavy atom. The van der Waals surface area contributed by atoms with Gasteiger partial charge in [-0.15, -0.1) is 0 Å². The van der Waals surface area contributed by atoms with E-state index in [1.54, 1.807) is 18.3 Å². The molecule has 2 heterocycles. The smallest absolute Gasteiger partial charge is 0.158 e. The Kier molecular flexibility index (Phi) is 4.58. The largest absolute Gasteiger partial charge is 0.353 e. The fourth-order valence-corrected chi connectivity index (χ4v) is 2.33. The number of ether oxygens (including phenoxy) is 2. The molecule has 0 N–H and O–H groups in total. The van der Waals surface area contributed by atoms with Crippen molar-refractivity contribution in [1.82, 2.24) is 4.98 Å². The number of rotatable bonds is 4. The van der Waals surface area contributed by atoms with Crippen molar-refractivity contribution < 1.29 is 13.9 Å². The maximum atomic E-state index is 12.9. The van der Waals surface area contributed by atoms with Crippen LogP contribution in [0.2, 0.25) is 0 Å². The summed E-state index contributed by atoms with van der Waals surface area (Å²) in [7, 11) is 0. The first-order valence-electron chi connectivity index (χ1n) is 7.25. The van der Waals surface area contributed by atoms with Crippen LogP contribution in [0.5, 0.6) is 0 Å². The van der Waals surface area contributed by atoms with Crippen LogP contribution < -0.4 is 0 Å². The monoisotopic (exact) mass is 287 g/mol. The summed E-state index contributed by atoms with van der Waals surface area (Å²) in [4.78, 5) is 4.40. The van der Waals surface area contributed by atoms with E-state index in [9.17, 15) is 4.39 Å². The molecule has 0 spiro atoms.